The Morgan fingerprint density at radius 1 is 1.05 bits per heavy atom. The number of anilines is 2. The molecule has 2 unspecified atom stereocenters. The molecule has 1 saturated heterocycles. The van der Waals surface area contributed by atoms with Gasteiger partial charge in [0, 0.05) is 5.69 Å². The van der Waals surface area contributed by atoms with E-state index in [-0.39, 0.29) is 23.7 Å². The van der Waals surface area contributed by atoms with Crippen molar-refractivity contribution in [2.75, 3.05) is 10.6 Å². The molecular weight excluding hydrogens is 252 g/mol. The molecule has 2 aliphatic rings. The first kappa shape index (κ1) is 13.2. The van der Waals surface area contributed by atoms with Gasteiger partial charge < -0.3 is 5.73 Å². The first-order valence-electron chi connectivity index (χ1n) is 7.14. The summed E-state index contributed by atoms with van der Waals surface area (Å²) in [6.07, 6.45) is 1.66. The van der Waals surface area contributed by atoms with Gasteiger partial charge in [-0.15, -0.1) is 0 Å². The lowest BCUT2D eigenvalue weighted by Crippen LogP contribution is -2.32. The van der Waals surface area contributed by atoms with Crippen LogP contribution in [0, 0.1) is 31.6 Å². The standard InChI is InChI=1S/C16H20N2O2/c1-8-4-11-12(5-8)16(20)18(15(11)19)14-7-9(2)13(17)6-10(14)3/h6-8,11-12H,4-5,17H2,1-3H3. The van der Waals surface area contributed by atoms with Gasteiger partial charge in [-0.1, -0.05) is 6.92 Å². The largest absolute Gasteiger partial charge is 0.399 e. The summed E-state index contributed by atoms with van der Waals surface area (Å²) in [4.78, 5) is 26.5. The molecule has 0 radical (unpaired) electrons. The maximum atomic E-state index is 12.6. The van der Waals surface area contributed by atoms with Gasteiger partial charge in [0.25, 0.3) is 0 Å². The second kappa shape index (κ2) is 4.33. The Balaban J connectivity index is 2.02. The lowest BCUT2D eigenvalue weighted by Gasteiger charge is -2.20. The number of nitrogens with zero attached hydrogens (tertiary/aromatic N) is 1. The van der Waals surface area contributed by atoms with Crippen LogP contribution in [0.1, 0.15) is 30.9 Å². The number of nitrogen functional groups attached to an aromatic ring is 1. The zero-order valence-corrected chi connectivity index (χ0v) is 12.1. The van der Waals surface area contributed by atoms with Crippen molar-refractivity contribution < 1.29 is 9.59 Å². The minimum absolute atomic E-state index is 0.0309. The molecule has 1 aromatic rings. The van der Waals surface area contributed by atoms with Crippen molar-refractivity contribution in [1.82, 2.24) is 0 Å². The molecule has 106 valence electrons. The van der Waals surface area contributed by atoms with E-state index in [1.807, 2.05) is 26.0 Å². The fraction of sp³-hybridized carbons (Fsp3) is 0.500. The summed E-state index contributed by atoms with van der Waals surface area (Å²) < 4.78 is 0. The molecule has 2 fully saturated rings. The molecule has 1 saturated carbocycles. The first-order valence-corrected chi connectivity index (χ1v) is 7.14. The molecule has 0 bridgehead atoms. The zero-order valence-electron chi connectivity index (χ0n) is 12.1. The van der Waals surface area contributed by atoms with Crippen molar-refractivity contribution in [1.29, 1.82) is 0 Å². The first-order chi connectivity index (χ1) is 9.40. The van der Waals surface area contributed by atoms with Gasteiger partial charge in [0.1, 0.15) is 0 Å². The van der Waals surface area contributed by atoms with Crippen LogP contribution in [0.3, 0.4) is 0 Å². The van der Waals surface area contributed by atoms with E-state index in [1.54, 1.807) is 0 Å². The van der Waals surface area contributed by atoms with E-state index in [0.29, 0.717) is 17.3 Å². The SMILES string of the molecule is Cc1cc(N2C(=O)C3CC(C)CC3C2=O)c(C)cc1N. The third-order valence-electron chi connectivity index (χ3n) is 4.70. The van der Waals surface area contributed by atoms with Crippen LogP contribution in [0.25, 0.3) is 0 Å². The van der Waals surface area contributed by atoms with Crippen LogP contribution in [0.4, 0.5) is 11.4 Å². The highest BCUT2D eigenvalue weighted by Gasteiger charge is 2.52. The van der Waals surface area contributed by atoms with Gasteiger partial charge in [0.2, 0.25) is 11.8 Å². The smallest absolute Gasteiger partial charge is 0.237 e. The second-order valence-electron chi connectivity index (χ2n) is 6.30. The molecule has 1 aliphatic carbocycles. The van der Waals surface area contributed by atoms with E-state index in [2.05, 4.69) is 6.92 Å². The molecule has 1 aliphatic heterocycles. The minimum atomic E-state index is -0.116. The number of aryl methyl sites for hydroxylation is 2. The summed E-state index contributed by atoms with van der Waals surface area (Å²) in [6, 6.07) is 3.69. The van der Waals surface area contributed by atoms with Crippen LogP contribution in [-0.4, -0.2) is 11.8 Å². The topological polar surface area (TPSA) is 63.4 Å². The molecular formula is C16H20N2O2. The molecule has 1 aromatic carbocycles. The van der Waals surface area contributed by atoms with E-state index in [0.717, 1.165) is 24.0 Å². The molecule has 2 amide bonds. The predicted octanol–water partition coefficient (Wildman–Crippen LogP) is 2.42. The number of hydrogen-bond acceptors (Lipinski definition) is 3. The number of carbonyl (C=O) groups excluding carboxylic acids is 2. The molecule has 20 heavy (non-hydrogen) atoms. The molecule has 0 aromatic heterocycles. The number of nitrogens with two attached hydrogens (primary N) is 1. The molecule has 3 rings (SSSR count). The van der Waals surface area contributed by atoms with E-state index in [4.69, 9.17) is 5.73 Å². The maximum absolute atomic E-state index is 12.6. The van der Waals surface area contributed by atoms with Crippen LogP contribution >= 0.6 is 0 Å². The minimum Gasteiger partial charge on any atom is -0.399 e. The number of rotatable bonds is 1. The predicted molar refractivity (Wildman–Crippen MR) is 78.2 cm³/mol. The van der Waals surface area contributed by atoms with Crippen molar-refractivity contribution in [3.8, 4) is 0 Å². The quantitative estimate of drug-likeness (QED) is 0.631. The highest BCUT2D eigenvalue weighted by molar-refractivity contribution is 6.22. The zero-order chi connectivity index (χ0) is 14.6. The van der Waals surface area contributed by atoms with E-state index in [9.17, 15) is 9.59 Å². The maximum Gasteiger partial charge on any atom is 0.237 e. The Hall–Kier alpha value is -1.84. The number of imide groups is 1. The Kier molecular flexibility index (Phi) is 2.85. The molecule has 4 heteroatoms. The van der Waals surface area contributed by atoms with Crippen molar-refractivity contribution in [2.45, 2.75) is 33.6 Å². The van der Waals surface area contributed by atoms with Crippen LogP contribution in [-0.2, 0) is 9.59 Å². The Morgan fingerprint density at radius 2 is 1.60 bits per heavy atom. The normalized spacial score (nSPS) is 29.1. The van der Waals surface area contributed by atoms with Crippen molar-refractivity contribution >= 4 is 23.2 Å². The Labute approximate surface area is 118 Å². The third kappa shape index (κ3) is 1.74. The highest BCUT2D eigenvalue weighted by Crippen LogP contribution is 2.45. The summed E-state index contributed by atoms with van der Waals surface area (Å²) in [7, 11) is 0. The molecule has 2 N–H and O–H groups in total. The summed E-state index contributed by atoms with van der Waals surface area (Å²) in [5.41, 5.74) is 9.05. The van der Waals surface area contributed by atoms with Crippen LogP contribution in [0.5, 0.6) is 0 Å². The van der Waals surface area contributed by atoms with Crippen LogP contribution in [0.15, 0.2) is 12.1 Å². The summed E-state index contributed by atoms with van der Waals surface area (Å²) in [5, 5.41) is 0. The summed E-state index contributed by atoms with van der Waals surface area (Å²) in [5.74, 6) is 0.173. The van der Waals surface area contributed by atoms with Crippen molar-refractivity contribution in [2.24, 2.45) is 17.8 Å². The highest BCUT2D eigenvalue weighted by atomic mass is 16.2. The average Bonchev–Trinajstić information content (AvgIpc) is 2.85. The monoisotopic (exact) mass is 272 g/mol. The number of carbonyl (C=O) groups is 2. The summed E-state index contributed by atoms with van der Waals surface area (Å²) >= 11 is 0. The van der Waals surface area contributed by atoms with Gasteiger partial charge in [0.15, 0.2) is 0 Å². The Bertz CT molecular complexity index is 585. The fourth-order valence-corrected chi connectivity index (χ4v) is 3.58. The van der Waals surface area contributed by atoms with Gasteiger partial charge in [-0.2, -0.15) is 0 Å². The van der Waals surface area contributed by atoms with Gasteiger partial charge >= 0.3 is 0 Å². The van der Waals surface area contributed by atoms with Crippen LogP contribution in [0.2, 0.25) is 0 Å². The second-order valence-corrected chi connectivity index (χ2v) is 6.30. The Morgan fingerprint density at radius 3 is 2.15 bits per heavy atom. The fourth-order valence-electron chi connectivity index (χ4n) is 3.58. The van der Waals surface area contributed by atoms with Crippen molar-refractivity contribution in [3.05, 3.63) is 23.3 Å². The van der Waals surface area contributed by atoms with Gasteiger partial charge in [0.05, 0.1) is 17.5 Å². The number of fused-ring (bicyclic) bond motifs is 1. The van der Waals surface area contributed by atoms with Gasteiger partial charge in [-0.3, -0.25) is 9.59 Å². The van der Waals surface area contributed by atoms with Gasteiger partial charge in [-0.25, -0.2) is 4.90 Å². The molecule has 0 spiro atoms. The van der Waals surface area contributed by atoms with Crippen molar-refractivity contribution in [3.63, 3.8) is 0 Å². The lowest BCUT2D eigenvalue weighted by molar-refractivity contribution is -0.123. The van der Waals surface area contributed by atoms with E-state index >= 15 is 0 Å². The molecule has 2 atom stereocenters. The van der Waals surface area contributed by atoms with Crippen LogP contribution < -0.4 is 10.6 Å². The number of hydrogen-bond donors (Lipinski definition) is 1. The molecule has 4 nitrogen and oxygen atoms in total. The lowest BCUT2D eigenvalue weighted by atomic mass is 10.00. The summed E-state index contributed by atoms with van der Waals surface area (Å²) in [6.45, 7) is 5.90. The number of amides is 2. The average molecular weight is 272 g/mol. The molecule has 1 heterocycles. The van der Waals surface area contributed by atoms with Gasteiger partial charge in [-0.05, 0) is 55.9 Å². The van der Waals surface area contributed by atoms with E-state index < -0.39 is 0 Å². The van der Waals surface area contributed by atoms with E-state index in [1.165, 1.54) is 4.90 Å². The number of benzene rings is 1. The third-order valence-corrected chi connectivity index (χ3v) is 4.70.